The second-order valence-electron chi connectivity index (χ2n) is 5.36. The van der Waals surface area contributed by atoms with E-state index in [1.165, 1.54) is 0 Å². The second kappa shape index (κ2) is 5.66. The fourth-order valence-corrected chi connectivity index (χ4v) is 3.33. The third-order valence-corrected chi connectivity index (χ3v) is 4.62. The summed E-state index contributed by atoms with van der Waals surface area (Å²) in [4.78, 5) is 12.0. The lowest BCUT2D eigenvalue weighted by Crippen LogP contribution is -2.33. The molecule has 0 fully saturated rings. The molecule has 114 valence electrons. The van der Waals surface area contributed by atoms with Crippen molar-refractivity contribution in [2.24, 2.45) is 5.10 Å². The van der Waals surface area contributed by atoms with Gasteiger partial charge in [-0.1, -0.05) is 48.5 Å². The Kier molecular flexibility index (Phi) is 3.50. The van der Waals surface area contributed by atoms with E-state index >= 15 is 0 Å². The molecule has 4 nitrogen and oxygen atoms in total. The topological polar surface area (TPSA) is 41.9 Å². The molecular formula is C18H13BrN2O2. The molecule has 0 aromatic heterocycles. The highest BCUT2D eigenvalue weighted by Crippen LogP contribution is 2.38. The lowest BCUT2D eigenvalue weighted by Gasteiger charge is -2.30. The quantitative estimate of drug-likeness (QED) is 0.756. The first kappa shape index (κ1) is 14.2. The van der Waals surface area contributed by atoms with E-state index in [1.807, 2.05) is 60.7 Å². The number of carbonyl (C=O) groups is 1. The predicted octanol–water partition coefficient (Wildman–Crippen LogP) is 3.83. The summed E-state index contributed by atoms with van der Waals surface area (Å²) in [7, 11) is 0. The molecule has 0 N–H and O–H groups in total. The molecule has 2 aliphatic heterocycles. The van der Waals surface area contributed by atoms with Crippen LogP contribution in [0.25, 0.3) is 0 Å². The fourth-order valence-electron chi connectivity index (χ4n) is 2.81. The van der Waals surface area contributed by atoms with Crippen LogP contribution in [0.2, 0.25) is 0 Å². The standard InChI is InChI=1S/C18H13BrN2O2/c19-16-17-15(23-18(16)22)11-14(12-7-3-1-4-8-12)20-21(17)13-9-5-2-6-10-13/h1-10,15H,11H2/t15-/m1/s1. The van der Waals surface area contributed by atoms with Gasteiger partial charge < -0.3 is 4.74 Å². The monoisotopic (exact) mass is 368 g/mol. The Hall–Kier alpha value is -2.40. The number of para-hydroxylation sites is 1. The second-order valence-corrected chi connectivity index (χ2v) is 6.15. The van der Waals surface area contributed by atoms with Gasteiger partial charge in [0.1, 0.15) is 10.2 Å². The molecule has 1 atom stereocenters. The van der Waals surface area contributed by atoms with Crippen LogP contribution in [0.15, 0.2) is 75.9 Å². The molecule has 0 aliphatic carbocycles. The van der Waals surface area contributed by atoms with Crippen molar-refractivity contribution in [2.75, 3.05) is 5.01 Å². The van der Waals surface area contributed by atoms with Crippen LogP contribution in [0.5, 0.6) is 0 Å². The SMILES string of the molecule is O=C1O[C@@H]2CC(c3ccccc3)=NN(c3ccccc3)C2=C1Br. The summed E-state index contributed by atoms with van der Waals surface area (Å²) < 4.78 is 5.95. The van der Waals surface area contributed by atoms with Gasteiger partial charge in [0, 0.05) is 6.42 Å². The number of rotatable bonds is 2. The van der Waals surface area contributed by atoms with Gasteiger partial charge in [-0.3, -0.25) is 0 Å². The Morgan fingerprint density at radius 1 is 1.04 bits per heavy atom. The summed E-state index contributed by atoms with van der Waals surface area (Å²) >= 11 is 3.35. The zero-order chi connectivity index (χ0) is 15.8. The first-order valence-electron chi connectivity index (χ1n) is 7.33. The summed E-state index contributed by atoms with van der Waals surface area (Å²) in [5, 5.41) is 6.58. The Morgan fingerprint density at radius 2 is 1.70 bits per heavy atom. The minimum atomic E-state index is -0.338. The van der Waals surface area contributed by atoms with Crippen molar-refractivity contribution in [1.29, 1.82) is 0 Å². The van der Waals surface area contributed by atoms with E-state index in [-0.39, 0.29) is 12.1 Å². The molecule has 0 saturated carbocycles. The highest BCUT2D eigenvalue weighted by molar-refractivity contribution is 9.12. The minimum absolute atomic E-state index is 0.315. The van der Waals surface area contributed by atoms with Crippen LogP contribution in [-0.2, 0) is 9.53 Å². The Morgan fingerprint density at radius 3 is 2.39 bits per heavy atom. The number of carbonyl (C=O) groups excluding carboxylic acids is 1. The zero-order valence-corrected chi connectivity index (χ0v) is 13.7. The smallest absolute Gasteiger partial charge is 0.347 e. The summed E-state index contributed by atoms with van der Waals surface area (Å²) in [5.41, 5.74) is 3.60. The van der Waals surface area contributed by atoms with Gasteiger partial charge >= 0.3 is 5.97 Å². The Balaban J connectivity index is 1.85. The maximum Gasteiger partial charge on any atom is 0.347 e. The number of halogens is 1. The van der Waals surface area contributed by atoms with Gasteiger partial charge in [-0.25, -0.2) is 9.80 Å². The Bertz CT molecular complexity index is 815. The summed E-state index contributed by atoms with van der Waals surface area (Å²) in [5.74, 6) is -0.338. The molecule has 0 amide bonds. The van der Waals surface area contributed by atoms with E-state index in [9.17, 15) is 4.79 Å². The van der Waals surface area contributed by atoms with Crippen LogP contribution in [0.3, 0.4) is 0 Å². The molecule has 5 heteroatoms. The molecule has 0 spiro atoms. The van der Waals surface area contributed by atoms with Gasteiger partial charge in [0.05, 0.1) is 11.4 Å². The van der Waals surface area contributed by atoms with Crippen molar-refractivity contribution in [3.05, 3.63) is 76.4 Å². The number of hydrogen-bond donors (Lipinski definition) is 0. The normalized spacial score (nSPS) is 20.2. The molecule has 0 unspecified atom stereocenters. The fraction of sp³-hybridized carbons (Fsp3) is 0.111. The Labute approximate surface area is 142 Å². The van der Waals surface area contributed by atoms with Crippen molar-refractivity contribution in [3.8, 4) is 0 Å². The van der Waals surface area contributed by atoms with E-state index < -0.39 is 0 Å². The lowest BCUT2D eigenvalue weighted by atomic mass is 10.0. The number of esters is 1. The average Bonchev–Trinajstić information content (AvgIpc) is 2.90. The summed E-state index contributed by atoms with van der Waals surface area (Å²) in [6.07, 6.45) is 0.258. The van der Waals surface area contributed by atoms with Crippen LogP contribution in [-0.4, -0.2) is 17.8 Å². The highest BCUT2D eigenvalue weighted by atomic mass is 79.9. The third kappa shape index (κ3) is 2.47. The van der Waals surface area contributed by atoms with Gasteiger partial charge in [0.25, 0.3) is 0 Å². The average molecular weight is 369 g/mol. The van der Waals surface area contributed by atoms with Crippen molar-refractivity contribution >= 4 is 33.3 Å². The van der Waals surface area contributed by atoms with Crippen LogP contribution < -0.4 is 5.01 Å². The molecule has 2 aromatic carbocycles. The molecule has 2 aliphatic rings. The number of ether oxygens (including phenoxy) is 1. The number of anilines is 1. The molecule has 4 rings (SSSR count). The van der Waals surface area contributed by atoms with E-state index in [0.29, 0.717) is 10.9 Å². The van der Waals surface area contributed by atoms with Crippen molar-refractivity contribution in [3.63, 3.8) is 0 Å². The summed E-state index contributed by atoms with van der Waals surface area (Å²) in [6.45, 7) is 0. The summed E-state index contributed by atoms with van der Waals surface area (Å²) in [6, 6.07) is 19.7. The van der Waals surface area contributed by atoms with E-state index in [1.54, 1.807) is 5.01 Å². The minimum Gasteiger partial charge on any atom is -0.451 e. The van der Waals surface area contributed by atoms with Crippen LogP contribution in [0, 0.1) is 0 Å². The number of benzene rings is 2. The molecule has 0 bridgehead atoms. The molecule has 0 saturated heterocycles. The van der Waals surface area contributed by atoms with E-state index in [0.717, 1.165) is 22.7 Å². The number of nitrogens with zero attached hydrogens (tertiary/aromatic N) is 2. The first-order chi connectivity index (χ1) is 11.2. The maximum atomic E-state index is 12.0. The lowest BCUT2D eigenvalue weighted by molar-refractivity contribution is -0.138. The van der Waals surface area contributed by atoms with Crippen LogP contribution in [0.4, 0.5) is 5.69 Å². The van der Waals surface area contributed by atoms with Gasteiger partial charge in [-0.15, -0.1) is 0 Å². The van der Waals surface area contributed by atoms with Crippen LogP contribution in [0.1, 0.15) is 12.0 Å². The van der Waals surface area contributed by atoms with Crippen molar-refractivity contribution in [2.45, 2.75) is 12.5 Å². The van der Waals surface area contributed by atoms with Gasteiger partial charge in [-0.2, -0.15) is 5.10 Å². The number of hydrazone groups is 1. The molecule has 23 heavy (non-hydrogen) atoms. The molecule has 2 aromatic rings. The molecular weight excluding hydrogens is 356 g/mol. The molecule has 0 radical (unpaired) electrons. The van der Waals surface area contributed by atoms with Crippen LogP contribution >= 0.6 is 15.9 Å². The third-order valence-electron chi connectivity index (χ3n) is 3.89. The van der Waals surface area contributed by atoms with E-state index in [4.69, 9.17) is 9.84 Å². The highest BCUT2D eigenvalue weighted by Gasteiger charge is 2.40. The van der Waals surface area contributed by atoms with Gasteiger partial charge in [0.2, 0.25) is 0 Å². The van der Waals surface area contributed by atoms with E-state index in [2.05, 4.69) is 15.9 Å². The van der Waals surface area contributed by atoms with Gasteiger partial charge in [0.15, 0.2) is 6.10 Å². The van der Waals surface area contributed by atoms with Gasteiger partial charge in [-0.05, 0) is 33.6 Å². The largest absolute Gasteiger partial charge is 0.451 e. The zero-order valence-electron chi connectivity index (χ0n) is 12.1. The van der Waals surface area contributed by atoms with Crippen molar-refractivity contribution < 1.29 is 9.53 Å². The molecule has 2 heterocycles. The maximum absolute atomic E-state index is 12.0. The predicted molar refractivity (Wildman–Crippen MR) is 92.4 cm³/mol. The number of hydrogen-bond acceptors (Lipinski definition) is 4. The number of fused-ring (bicyclic) bond motifs is 1. The first-order valence-corrected chi connectivity index (χ1v) is 8.12. The van der Waals surface area contributed by atoms with Crippen molar-refractivity contribution in [1.82, 2.24) is 0 Å².